The van der Waals surface area contributed by atoms with E-state index < -0.39 is 6.10 Å². The molecular weight excluding hydrogens is 424 g/mol. The second-order valence-electron chi connectivity index (χ2n) is 7.97. The van der Waals surface area contributed by atoms with Gasteiger partial charge in [0.15, 0.2) is 11.8 Å². The SMILES string of the molecule is O[C@@H]1CO[C@H]2[C@@H]1OC[C@H]2Oc1nc2nc(-c3ccc(OC4CNC4)cc3)c(Cl)cc2[nH]1. The Morgan fingerprint density at radius 1 is 1.03 bits per heavy atom. The quantitative estimate of drug-likeness (QED) is 0.543. The number of aromatic nitrogens is 3. The largest absolute Gasteiger partial charge is 0.488 e. The summed E-state index contributed by atoms with van der Waals surface area (Å²) in [5, 5.41) is 13.6. The molecule has 0 unspecified atom stereocenters. The number of imidazole rings is 1. The van der Waals surface area contributed by atoms with Crippen LogP contribution in [0, 0.1) is 0 Å². The van der Waals surface area contributed by atoms with Crippen molar-refractivity contribution in [2.45, 2.75) is 30.5 Å². The van der Waals surface area contributed by atoms with Crippen LogP contribution >= 0.6 is 11.6 Å². The fourth-order valence-corrected chi connectivity index (χ4v) is 4.33. The van der Waals surface area contributed by atoms with Crippen molar-refractivity contribution in [2.24, 2.45) is 0 Å². The van der Waals surface area contributed by atoms with Gasteiger partial charge >= 0.3 is 0 Å². The highest BCUT2D eigenvalue weighted by Gasteiger charge is 2.48. The van der Waals surface area contributed by atoms with Crippen LogP contribution in [-0.4, -0.2) is 76.9 Å². The Bertz CT molecular complexity index is 1100. The van der Waals surface area contributed by atoms with Gasteiger partial charge in [0.05, 0.1) is 29.4 Å². The first-order valence-electron chi connectivity index (χ1n) is 10.3. The Morgan fingerprint density at radius 3 is 2.61 bits per heavy atom. The molecule has 3 saturated heterocycles. The lowest BCUT2D eigenvalue weighted by Crippen LogP contribution is -2.50. The highest BCUT2D eigenvalue weighted by atomic mass is 35.5. The van der Waals surface area contributed by atoms with Gasteiger partial charge in [-0.15, -0.1) is 0 Å². The summed E-state index contributed by atoms with van der Waals surface area (Å²) in [6.07, 6.45) is -1.42. The predicted molar refractivity (Wildman–Crippen MR) is 112 cm³/mol. The number of hydrogen-bond donors (Lipinski definition) is 3. The van der Waals surface area contributed by atoms with Crippen LogP contribution in [0.4, 0.5) is 0 Å². The average Bonchev–Trinajstić information content (AvgIpc) is 3.42. The molecule has 0 radical (unpaired) electrons. The van der Waals surface area contributed by atoms with E-state index in [-0.39, 0.29) is 31.0 Å². The van der Waals surface area contributed by atoms with E-state index in [0.717, 1.165) is 24.4 Å². The van der Waals surface area contributed by atoms with Crippen molar-refractivity contribution in [3.05, 3.63) is 35.4 Å². The van der Waals surface area contributed by atoms with E-state index in [4.69, 9.17) is 30.5 Å². The van der Waals surface area contributed by atoms with Crippen LogP contribution in [0.15, 0.2) is 30.3 Å². The van der Waals surface area contributed by atoms with Crippen LogP contribution in [0.1, 0.15) is 0 Å². The summed E-state index contributed by atoms with van der Waals surface area (Å²) in [4.78, 5) is 12.2. The fourth-order valence-electron chi connectivity index (χ4n) is 4.07. The average molecular weight is 445 g/mol. The molecule has 3 N–H and O–H groups in total. The van der Waals surface area contributed by atoms with E-state index in [2.05, 4.69) is 20.3 Å². The molecule has 3 aromatic rings. The maximum absolute atomic E-state index is 9.88. The maximum atomic E-state index is 9.88. The zero-order chi connectivity index (χ0) is 20.9. The predicted octanol–water partition coefficient (Wildman–Crippen LogP) is 1.53. The van der Waals surface area contributed by atoms with Crippen LogP contribution in [0.25, 0.3) is 22.4 Å². The molecule has 0 amide bonds. The van der Waals surface area contributed by atoms with Crippen molar-refractivity contribution in [3.8, 4) is 23.0 Å². The number of rotatable bonds is 5. The van der Waals surface area contributed by atoms with Gasteiger partial charge in [-0.3, -0.25) is 0 Å². The number of H-pyrrole nitrogens is 1. The van der Waals surface area contributed by atoms with Gasteiger partial charge in [0.1, 0.15) is 30.2 Å². The Morgan fingerprint density at radius 2 is 1.84 bits per heavy atom. The molecule has 3 aliphatic rings. The summed E-state index contributed by atoms with van der Waals surface area (Å²) in [5.74, 6) is 0.819. The van der Waals surface area contributed by atoms with Gasteiger partial charge in [0.2, 0.25) is 0 Å². The molecule has 31 heavy (non-hydrogen) atoms. The van der Waals surface area contributed by atoms with Crippen LogP contribution < -0.4 is 14.8 Å². The highest BCUT2D eigenvalue weighted by Crippen LogP contribution is 2.32. The molecule has 162 valence electrons. The van der Waals surface area contributed by atoms with E-state index >= 15 is 0 Å². The molecular formula is C21H21ClN4O5. The Labute approximate surface area is 182 Å². The molecule has 3 fully saturated rings. The number of halogens is 1. The smallest absolute Gasteiger partial charge is 0.296 e. The zero-order valence-electron chi connectivity index (χ0n) is 16.5. The van der Waals surface area contributed by atoms with E-state index in [1.165, 1.54) is 0 Å². The Balaban J connectivity index is 1.22. The second-order valence-corrected chi connectivity index (χ2v) is 8.38. The molecule has 10 heteroatoms. The van der Waals surface area contributed by atoms with Gasteiger partial charge in [-0.2, -0.15) is 4.98 Å². The number of fused-ring (bicyclic) bond motifs is 2. The van der Waals surface area contributed by atoms with Crippen LogP contribution in [0.5, 0.6) is 11.8 Å². The molecule has 6 rings (SSSR count). The minimum Gasteiger partial charge on any atom is -0.488 e. The molecule has 0 bridgehead atoms. The molecule has 9 nitrogen and oxygen atoms in total. The van der Waals surface area contributed by atoms with Crippen molar-refractivity contribution in [1.29, 1.82) is 0 Å². The number of pyridine rings is 1. The van der Waals surface area contributed by atoms with Crippen LogP contribution in [0.2, 0.25) is 5.02 Å². The molecule has 1 aromatic carbocycles. The number of aromatic amines is 1. The van der Waals surface area contributed by atoms with E-state index in [9.17, 15) is 5.11 Å². The lowest BCUT2D eigenvalue weighted by atomic mass is 10.1. The first kappa shape index (κ1) is 19.3. The second kappa shape index (κ2) is 7.61. The number of ether oxygens (including phenoxy) is 4. The molecule has 4 atom stereocenters. The van der Waals surface area contributed by atoms with Gasteiger partial charge in [-0.05, 0) is 30.3 Å². The molecule has 2 aromatic heterocycles. The zero-order valence-corrected chi connectivity index (χ0v) is 17.2. The number of aliphatic hydroxyl groups is 1. The van der Waals surface area contributed by atoms with Crippen molar-refractivity contribution < 1.29 is 24.1 Å². The van der Waals surface area contributed by atoms with E-state index in [1.807, 2.05) is 24.3 Å². The number of nitrogens with zero attached hydrogens (tertiary/aromatic N) is 2. The highest BCUT2D eigenvalue weighted by molar-refractivity contribution is 6.33. The number of benzene rings is 1. The third-order valence-electron chi connectivity index (χ3n) is 5.82. The molecule has 0 spiro atoms. The van der Waals surface area contributed by atoms with Gasteiger partial charge < -0.3 is 34.4 Å². The molecule has 3 aliphatic heterocycles. The van der Waals surface area contributed by atoms with Gasteiger partial charge in [0, 0.05) is 18.7 Å². The summed E-state index contributed by atoms with van der Waals surface area (Å²) in [6.45, 7) is 2.32. The van der Waals surface area contributed by atoms with Crippen molar-refractivity contribution in [2.75, 3.05) is 26.3 Å². The molecule has 5 heterocycles. The van der Waals surface area contributed by atoms with Crippen LogP contribution in [0.3, 0.4) is 0 Å². The summed E-state index contributed by atoms with van der Waals surface area (Å²) in [7, 11) is 0. The van der Waals surface area contributed by atoms with Crippen molar-refractivity contribution in [3.63, 3.8) is 0 Å². The van der Waals surface area contributed by atoms with Gasteiger partial charge in [-0.25, -0.2) is 4.98 Å². The maximum Gasteiger partial charge on any atom is 0.296 e. The number of aliphatic hydroxyl groups excluding tert-OH is 1. The Kier molecular flexibility index (Phi) is 4.73. The monoisotopic (exact) mass is 444 g/mol. The summed E-state index contributed by atoms with van der Waals surface area (Å²) in [6, 6.07) is 9.80. The first-order valence-corrected chi connectivity index (χ1v) is 10.6. The number of hydrogen-bond acceptors (Lipinski definition) is 8. The summed E-state index contributed by atoms with van der Waals surface area (Å²) in [5.41, 5.74) is 2.68. The van der Waals surface area contributed by atoms with Gasteiger partial charge in [-0.1, -0.05) is 11.6 Å². The normalized spacial score (nSPS) is 27.9. The van der Waals surface area contributed by atoms with E-state index in [0.29, 0.717) is 34.5 Å². The van der Waals surface area contributed by atoms with Gasteiger partial charge in [0.25, 0.3) is 6.01 Å². The fraction of sp³-hybridized carbons (Fsp3) is 0.429. The topological polar surface area (TPSA) is 111 Å². The standard InChI is InChI=1S/C21H21ClN4O5/c22-13-5-14-20(25-17(13)10-1-3-11(4-2-10)30-12-6-23-7-12)26-21(24-14)31-16-9-29-18-15(27)8-28-19(16)18/h1-5,12,15-16,18-19,23,27H,6-9H2,(H,24,25,26)/t15-,16-,18-,19-/m1/s1. The minimum absolute atomic E-state index is 0.227. The lowest BCUT2D eigenvalue weighted by molar-refractivity contribution is 0.00706. The third-order valence-corrected chi connectivity index (χ3v) is 6.11. The summed E-state index contributed by atoms with van der Waals surface area (Å²) >= 11 is 6.50. The Hall–Kier alpha value is -2.43. The van der Waals surface area contributed by atoms with Crippen molar-refractivity contribution >= 4 is 22.8 Å². The third kappa shape index (κ3) is 3.52. The summed E-state index contributed by atoms with van der Waals surface area (Å²) < 4.78 is 23.0. The molecule has 0 aliphatic carbocycles. The first-order chi connectivity index (χ1) is 15.1. The molecule has 0 saturated carbocycles. The number of nitrogens with one attached hydrogen (secondary N) is 2. The van der Waals surface area contributed by atoms with E-state index in [1.54, 1.807) is 6.07 Å². The minimum atomic E-state index is -0.625. The lowest BCUT2D eigenvalue weighted by Gasteiger charge is -2.27. The van der Waals surface area contributed by atoms with Crippen molar-refractivity contribution in [1.82, 2.24) is 20.3 Å². The van der Waals surface area contributed by atoms with Crippen LogP contribution in [-0.2, 0) is 9.47 Å².